The molecule has 1 N–H and O–H groups in total. The number of hydrogen-bond donors (Lipinski definition) is 1. The summed E-state index contributed by atoms with van der Waals surface area (Å²) in [6.07, 6.45) is 2.98. The minimum absolute atomic E-state index is 0.194. The molecule has 16 heavy (non-hydrogen) atoms. The molecule has 1 fully saturated rings. The van der Waals surface area contributed by atoms with Crippen molar-refractivity contribution >= 4 is 5.91 Å². The first-order valence-corrected chi connectivity index (χ1v) is 6.33. The molecule has 3 heteroatoms. The minimum Gasteiger partial charge on any atom is -0.345 e. The molecule has 0 radical (unpaired) electrons. The summed E-state index contributed by atoms with van der Waals surface area (Å²) < 4.78 is 0. The van der Waals surface area contributed by atoms with Crippen LogP contribution in [0.4, 0.5) is 0 Å². The summed E-state index contributed by atoms with van der Waals surface area (Å²) in [4.78, 5) is 13.8. The quantitative estimate of drug-likeness (QED) is 0.794. The van der Waals surface area contributed by atoms with Crippen LogP contribution < -0.4 is 5.32 Å². The number of carbonyl (C=O) groups is 1. The van der Waals surface area contributed by atoms with Crippen LogP contribution >= 0.6 is 0 Å². The molecule has 0 saturated carbocycles. The van der Waals surface area contributed by atoms with E-state index in [4.69, 9.17) is 0 Å². The highest BCUT2D eigenvalue weighted by Crippen LogP contribution is 2.17. The number of amides is 1. The molecule has 0 aromatic carbocycles. The second-order valence-corrected chi connectivity index (χ2v) is 6.21. The Morgan fingerprint density at radius 2 is 2.12 bits per heavy atom. The van der Waals surface area contributed by atoms with Gasteiger partial charge in [-0.15, -0.1) is 0 Å². The molecule has 1 unspecified atom stereocenters. The molecule has 1 aliphatic rings. The van der Waals surface area contributed by atoms with Gasteiger partial charge in [-0.3, -0.25) is 4.79 Å². The molecule has 1 saturated heterocycles. The zero-order valence-corrected chi connectivity index (χ0v) is 11.2. The van der Waals surface area contributed by atoms with Gasteiger partial charge in [0.15, 0.2) is 0 Å². The van der Waals surface area contributed by atoms with E-state index in [-0.39, 0.29) is 5.41 Å². The fourth-order valence-electron chi connectivity index (χ4n) is 2.28. The minimum atomic E-state index is 0.194. The van der Waals surface area contributed by atoms with E-state index in [1.807, 2.05) is 11.9 Å². The van der Waals surface area contributed by atoms with E-state index in [0.29, 0.717) is 18.2 Å². The van der Waals surface area contributed by atoms with Crippen molar-refractivity contribution < 1.29 is 4.79 Å². The average Bonchev–Trinajstić information content (AvgIpc) is 2.63. The molecule has 94 valence electrons. The van der Waals surface area contributed by atoms with Crippen molar-refractivity contribution in [2.24, 2.45) is 11.3 Å². The molecule has 0 bridgehead atoms. The highest BCUT2D eigenvalue weighted by Gasteiger charge is 2.20. The van der Waals surface area contributed by atoms with Gasteiger partial charge in [0.1, 0.15) is 0 Å². The molecule has 1 aliphatic heterocycles. The van der Waals surface area contributed by atoms with Gasteiger partial charge in [0.25, 0.3) is 0 Å². The summed E-state index contributed by atoms with van der Waals surface area (Å²) in [6.45, 7) is 9.55. The first-order valence-electron chi connectivity index (χ1n) is 6.33. The van der Waals surface area contributed by atoms with Gasteiger partial charge >= 0.3 is 0 Å². The lowest BCUT2D eigenvalue weighted by Gasteiger charge is -2.27. The molecule has 0 spiro atoms. The largest absolute Gasteiger partial charge is 0.345 e. The fourth-order valence-corrected chi connectivity index (χ4v) is 2.28. The predicted molar refractivity (Wildman–Crippen MR) is 67.3 cm³/mol. The average molecular weight is 226 g/mol. The molecule has 1 amide bonds. The number of nitrogens with zero attached hydrogens (tertiary/aromatic N) is 1. The van der Waals surface area contributed by atoms with E-state index < -0.39 is 0 Å². The van der Waals surface area contributed by atoms with Crippen molar-refractivity contribution in [2.45, 2.75) is 40.0 Å². The van der Waals surface area contributed by atoms with Crippen LogP contribution in [0.5, 0.6) is 0 Å². The zero-order chi connectivity index (χ0) is 12.2. The van der Waals surface area contributed by atoms with Crippen LogP contribution in [0, 0.1) is 11.3 Å². The second kappa shape index (κ2) is 5.67. The molecular weight excluding hydrogens is 200 g/mol. The Kier molecular flexibility index (Phi) is 4.78. The first-order chi connectivity index (χ1) is 7.38. The second-order valence-electron chi connectivity index (χ2n) is 6.21. The summed E-state index contributed by atoms with van der Waals surface area (Å²) in [6, 6.07) is 0. The third-order valence-electron chi connectivity index (χ3n) is 3.07. The van der Waals surface area contributed by atoms with Crippen LogP contribution in [0.1, 0.15) is 40.0 Å². The van der Waals surface area contributed by atoms with Crippen LogP contribution in [-0.2, 0) is 4.79 Å². The number of nitrogens with one attached hydrogen (secondary N) is 1. The number of rotatable bonds is 4. The summed E-state index contributed by atoms with van der Waals surface area (Å²) in [5.41, 5.74) is 0.194. The van der Waals surface area contributed by atoms with Crippen LogP contribution in [-0.4, -0.2) is 37.5 Å². The third kappa shape index (κ3) is 4.97. The van der Waals surface area contributed by atoms with E-state index in [1.54, 1.807) is 0 Å². The van der Waals surface area contributed by atoms with Gasteiger partial charge in [0.2, 0.25) is 5.91 Å². The standard InChI is InChI=1S/C13H26N2O/c1-13(2,3)10-15(4)12(16)6-5-11-7-8-14-9-11/h11,14H,5-10H2,1-4H3. The van der Waals surface area contributed by atoms with E-state index in [9.17, 15) is 4.79 Å². The summed E-state index contributed by atoms with van der Waals surface area (Å²) in [5.74, 6) is 1.01. The Morgan fingerprint density at radius 1 is 1.44 bits per heavy atom. The molecule has 0 aliphatic carbocycles. The van der Waals surface area contributed by atoms with Gasteiger partial charge in [-0.25, -0.2) is 0 Å². The Labute approximate surface area is 99.6 Å². The highest BCUT2D eigenvalue weighted by molar-refractivity contribution is 5.75. The van der Waals surface area contributed by atoms with Gasteiger partial charge in [-0.05, 0) is 37.3 Å². The lowest BCUT2D eigenvalue weighted by molar-refractivity contribution is -0.131. The molecule has 0 aromatic rings. The van der Waals surface area contributed by atoms with Crippen molar-refractivity contribution in [1.82, 2.24) is 10.2 Å². The van der Waals surface area contributed by atoms with Gasteiger partial charge in [-0.1, -0.05) is 20.8 Å². The Balaban J connectivity index is 2.23. The van der Waals surface area contributed by atoms with E-state index in [0.717, 1.165) is 26.1 Å². The normalized spacial score (nSPS) is 21.1. The van der Waals surface area contributed by atoms with Crippen molar-refractivity contribution in [2.75, 3.05) is 26.7 Å². The van der Waals surface area contributed by atoms with Crippen molar-refractivity contribution in [3.63, 3.8) is 0 Å². The fraction of sp³-hybridized carbons (Fsp3) is 0.923. The van der Waals surface area contributed by atoms with Gasteiger partial charge < -0.3 is 10.2 Å². The Morgan fingerprint density at radius 3 is 2.62 bits per heavy atom. The van der Waals surface area contributed by atoms with Gasteiger partial charge in [-0.2, -0.15) is 0 Å². The maximum Gasteiger partial charge on any atom is 0.222 e. The van der Waals surface area contributed by atoms with Crippen LogP contribution in [0.15, 0.2) is 0 Å². The first kappa shape index (κ1) is 13.5. The van der Waals surface area contributed by atoms with Gasteiger partial charge in [0, 0.05) is 20.0 Å². The maximum atomic E-state index is 11.9. The maximum absolute atomic E-state index is 11.9. The Bertz CT molecular complexity index is 227. The van der Waals surface area contributed by atoms with E-state index >= 15 is 0 Å². The summed E-state index contributed by atoms with van der Waals surface area (Å²) >= 11 is 0. The van der Waals surface area contributed by atoms with Crippen molar-refractivity contribution in [3.05, 3.63) is 0 Å². The highest BCUT2D eigenvalue weighted by atomic mass is 16.2. The van der Waals surface area contributed by atoms with Crippen molar-refractivity contribution in [3.8, 4) is 0 Å². The molecular formula is C13H26N2O. The lowest BCUT2D eigenvalue weighted by atomic mass is 9.96. The summed E-state index contributed by atoms with van der Waals surface area (Å²) in [5, 5.41) is 3.34. The van der Waals surface area contributed by atoms with E-state index in [2.05, 4.69) is 26.1 Å². The summed E-state index contributed by atoms with van der Waals surface area (Å²) in [7, 11) is 1.92. The molecule has 1 heterocycles. The monoisotopic (exact) mass is 226 g/mol. The van der Waals surface area contributed by atoms with Crippen LogP contribution in [0.25, 0.3) is 0 Å². The number of hydrogen-bond acceptors (Lipinski definition) is 2. The van der Waals surface area contributed by atoms with E-state index in [1.165, 1.54) is 6.42 Å². The third-order valence-corrected chi connectivity index (χ3v) is 3.07. The van der Waals surface area contributed by atoms with Crippen LogP contribution in [0.2, 0.25) is 0 Å². The molecule has 3 nitrogen and oxygen atoms in total. The Hall–Kier alpha value is -0.570. The smallest absolute Gasteiger partial charge is 0.222 e. The number of carbonyl (C=O) groups excluding carboxylic acids is 1. The zero-order valence-electron chi connectivity index (χ0n) is 11.2. The molecule has 1 rings (SSSR count). The van der Waals surface area contributed by atoms with Crippen LogP contribution in [0.3, 0.4) is 0 Å². The molecule has 1 atom stereocenters. The SMILES string of the molecule is CN(CC(C)(C)C)C(=O)CCC1CCNC1. The van der Waals surface area contributed by atoms with Crippen molar-refractivity contribution in [1.29, 1.82) is 0 Å². The predicted octanol–water partition coefficient (Wildman–Crippen LogP) is 1.88. The molecule has 0 aromatic heterocycles. The lowest BCUT2D eigenvalue weighted by Crippen LogP contribution is -2.34. The topological polar surface area (TPSA) is 32.3 Å². The van der Waals surface area contributed by atoms with Gasteiger partial charge in [0.05, 0.1) is 0 Å².